The van der Waals surface area contributed by atoms with E-state index in [0.29, 0.717) is 5.75 Å². The van der Waals surface area contributed by atoms with Crippen molar-refractivity contribution in [3.63, 3.8) is 0 Å². The van der Waals surface area contributed by atoms with Crippen LogP contribution in [0.4, 0.5) is 5.69 Å². The summed E-state index contributed by atoms with van der Waals surface area (Å²) in [6.07, 6.45) is 0. The summed E-state index contributed by atoms with van der Waals surface area (Å²) in [4.78, 5) is 17.1. The Bertz CT molecular complexity index is 996. The van der Waals surface area contributed by atoms with Gasteiger partial charge in [0.2, 0.25) is 5.91 Å². The molecule has 1 saturated heterocycles. The first-order valence-electron chi connectivity index (χ1n) is 10.4. The summed E-state index contributed by atoms with van der Waals surface area (Å²) in [6, 6.07) is 18.6. The normalized spacial score (nSPS) is 14.2. The monoisotopic (exact) mass is 421 g/mol. The third-order valence-corrected chi connectivity index (χ3v) is 6.34. The molecule has 6 nitrogen and oxygen atoms in total. The van der Waals surface area contributed by atoms with E-state index < -0.39 is 0 Å². The molecule has 30 heavy (non-hydrogen) atoms. The molecule has 1 fully saturated rings. The fourth-order valence-electron chi connectivity index (χ4n) is 3.74. The molecule has 7 heteroatoms. The van der Waals surface area contributed by atoms with Gasteiger partial charge >= 0.3 is 0 Å². The van der Waals surface area contributed by atoms with E-state index in [1.165, 1.54) is 23.0 Å². The minimum Gasteiger partial charge on any atom is -0.368 e. The van der Waals surface area contributed by atoms with Crippen LogP contribution in [-0.4, -0.2) is 57.5 Å². The second-order valence-electron chi connectivity index (χ2n) is 7.41. The second kappa shape index (κ2) is 9.34. The summed E-state index contributed by atoms with van der Waals surface area (Å²) in [5.41, 5.74) is 3.54. The number of benzene rings is 2. The Morgan fingerprint density at radius 1 is 1.00 bits per heavy atom. The minimum atomic E-state index is 0.163. The number of hydrogen-bond acceptors (Lipinski definition) is 5. The number of carbonyl (C=O) groups excluding carboxylic acids is 1. The fourth-order valence-corrected chi connectivity index (χ4v) is 4.64. The quantitative estimate of drug-likeness (QED) is 0.568. The van der Waals surface area contributed by atoms with Gasteiger partial charge in [-0.25, -0.2) is 0 Å². The van der Waals surface area contributed by atoms with E-state index in [1.54, 1.807) is 0 Å². The van der Waals surface area contributed by atoms with Crippen molar-refractivity contribution in [2.75, 3.05) is 36.8 Å². The molecule has 156 valence electrons. The van der Waals surface area contributed by atoms with Crippen LogP contribution in [0.1, 0.15) is 12.5 Å². The number of carbonyl (C=O) groups is 1. The number of thioether (sulfide) groups is 1. The molecule has 3 aromatic rings. The molecule has 0 atom stereocenters. The maximum atomic E-state index is 12.8. The Labute approximate surface area is 181 Å². The number of aryl methyl sites for hydroxylation is 1. The lowest BCUT2D eigenvalue weighted by molar-refractivity contribution is -0.128. The Hall–Kier alpha value is -2.80. The first-order valence-corrected chi connectivity index (χ1v) is 11.3. The van der Waals surface area contributed by atoms with Crippen molar-refractivity contribution in [2.45, 2.75) is 25.5 Å². The summed E-state index contributed by atoms with van der Waals surface area (Å²) < 4.78 is 2.07. The Morgan fingerprint density at radius 3 is 2.47 bits per heavy atom. The number of aromatic nitrogens is 3. The van der Waals surface area contributed by atoms with Gasteiger partial charge in [-0.1, -0.05) is 54.2 Å². The van der Waals surface area contributed by atoms with Gasteiger partial charge in [-0.2, -0.15) is 0 Å². The molecule has 4 rings (SSSR count). The van der Waals surface area contributed by atoms with Gasteiger partial charge in [0.05, 0.1) is 5.75 Å². The first-order chi connectivity index (χ1) is 14.7. The van der Waals surface area contributed by atoms with E-state index in [2.05, 4.69) is 57.8 Å². The highest BCUT2D eigenvalue weighted by atomic mass is 32.2. The van der Waals surface area contributed by atoms with Crippen molar-refractivity contribution in [3.05, 3.63) is 60.2 Å². The maximum Gasteiger partial charge on any atom is 0.233 e. The Morgan fingerprint density at radius 2 is 1.77 bits per heavy atom. The lowest BCUT2D eigenvalue weighted by Crippen LogP contribution is -2.49. The molecule has 0 radical (unpaired) electrons. The van der Waals surface area contributed by atoms with Crippen molar-refractivity contribution in [1.82, 2.24) is 19.7 Å². The van der Waals surface area contributed by atoms with Crippen molar-refractivity contribution >= 4 is 23.4 Å². The van der Waals surface area contributed by atoms with E-state index in [0.717, 1.165) is 49.3 Å². The average Bonchev–Trinajstić information content (AvgIpc) is 3.21. The second-order valence-corrected chi connectivity index (χ2v) is 8.35. The number of nitrogens with zero attached hydrogens (tertiary/aromatic N) is 5. The molecule has 0 saturated carbocycles. The van der Waals surface area contributed by atoms with E-state index in [1.807, 2.05) is 35.2 Å². The van der Waals surface area contributed by atoms with Crippen molar-refractivity contribution in [1.29, 1.82) is 0 Å². The number of piperazine rings is 1. The van der Waals surface area contributed by atoms with Gasteiger partial charge in [-0.15, -0.1) is 10.2 Å². The fraction of sp³-hybridized carbons (Fsp3) is 0.348. The molecule has 0 bridgehead atoms. The number of anilines is 1. The highest BCUT2D eigenvalue weighted by Gasteiger charge is 2.22. The molecule has 0 unspecified atom stereocenters. The van der Waals surface area contributed by atoms with Crippen LogP contribution in [0.25, 0.3) is 11.4 Å². The third kappa shape index (κ3) is 4.51. The first kappa shape index (κ1) is 20.5. The van der Waals surface area contributed by atoms with Gasteiger partial charge in [-0.05, 0) is 31.5 Å². The summed E-state index contributed by atoms with van der Waals surface area (Å²) in [7, 11) is 0. The van der Waals surface area contributed by atoms with Crippen LogP contribution < -0.4 is 4.90 Å². The SMILES string of the molecule is CCn1c(SCC(=O)N2CCN(c3cccc(C)c3)CC2)nnc1-c1ccccc1. The van der Waals surface area contributed by atoms with Crippen molar-refractivity contribution in [3.8, 4) is 11.4 Å². The maximum absolute atomic E-state index is 12.8. The number of rotatable bonds is 6. The Kier molecular flexibility index (Phi) is 6.38. The third-order valence-electron chi connectivity index (χ3n) is 5.39. The molecule has 0 N–H and O–H groups in total. The molecule has 1 aromatic heterocycles. The van der Waals surface area contributed by atoms with Gasteiger partial charge in [0.25, 0.3) is 0 Å². The molecule has 1 amide bonds. The van der Waals surface area contributed by atoms with Gasteiger partial charge in [0.15, 0.2) is 11.0 Å². The predicted molar refractivity (Wildman–Crippen MR) is 122 cm³/mol. The van der Waals surface area contributed by atoms with Gasteiger partial charge in [0, 0.05) is 44.0 Å². The van der Waals surface area contributed by atoms with Crippen LogP contribution in [0.3, 0.4) is 0 Å². The highest BCUT2D eigenvalue weighted by Crippen LogP contribution is 2.24. The summed E-state index contributed by atoms with van der Waals surface area (Å²) in [6.45, 7) is 8.19. The molecular formula is C23H27N5OS. The van der Waals surface area contributed by atoms with Gasteiger partial charge in [-0.3, -0.25) is 4.79 Å². The molecule has 1 aliphatic heterocycles. The van der Waals surface area contributed by atoms with Crippen LogP contribution in [0.15, 0.2) is 59.8 Å². The molecular weight excluding hydrogens is 394 g/mol. The predicted octanol–water partition coefficient (Wildman–Crippen LogP) is 3.71. The van der Waals surface area contributed by atoms with Crippen LogP contribution in [0.5, 0.6) is 0 Å². The highest BCUT2D eigenvalue weighted by molar-refractivity contribution is 7.99. The van der Waals surface area contributed by atoms with Gasteiger partial charge in [0.1, 0.15) is 0 Å². The van der Waals surface area contributed by atoms with E-state index in [9.17, 15) is 4.79 Å². The topological polar surface area (TPSA) is 54.3 Å². The van der Waals surface area contributed by atoms with Crippen molar-refractivity contribution in [2.24, 2.45) is 0 Å². The van der Waals surface area contributed by atoms with E-state index in [4.69, 9.17) is 0 Å². The zero-order valence-electron chi connectivity index (χ0n) is 17.5. The van der Waals surface area contributed by atoms with Crippen molar-refractivity contribution < 1.29 is 4.79 Å². The summed E-state index contributed by atoms with van der Waals surface area (Å²) >= 11 is 1.47. The number of amides is 1. The molecule has 2 aromatic carbocycles. The Balaban J connectivity index is 1.34. The smallest absolute Gasteiger partial charge is 0.233 e. The largest absolute Gasteiger partial charge is 0.368 e. The van der Waals surface area contributed by atoms with Crippen LogP contribution >= 0.6 is 11.8 Å². The number of hydrogen-bond donors (Lipinski definition) is 0. The lowest BCUT2D eigenvalue weighted by atomic mass is 10.2. The van der Waals surface area contributed by atoms with Crippen LogP contribution in [0, 0.1) is 6.92 Å². The molecule has 0 aliphatic carbocycles. The standard InChI is InChI=1S/C23H27N5OS/c1-3-28-22(19-9-5-4-6-10-19)24-25-23(28)30-17-21(29)27-14-12-26(13-15-27)20-11-7-8-18(2)16-20/h4-11,16H,3,12-15,17H2,1-2H3. The van der Waals surface area contributed by atoms with E-state index >= 15 is 0 Å². The average molecular weight is 422 g/mol. The van der Waals surface area contributed by atoms with E-state index in [-0.39, 0.29) is 5.91 Å². The lowest BCUT2D eigenvalue weighted by Gasteiger charge is -2.36. The minimum absolute atomic E-state index is 0.163. The van der Waals surface area contributed by atoms with Crippen LogP contribution in [-0.2, 0) is 11.3 Å². The zero-order valence-corrected chi connectivity index (χ0v) is 18.3. The summed E-state index contributed by atoms with van der Waals surface area (Å²) in [5.74, 6) is 1.40. The molecule has 0 spiro atoms. The molecule has 1 aliphatic rings. The van der Waals surface area contributed by atoms with Crippen LogP contribution in [0.2, 0.25) is 0 Å². The summed E-state index contributed by atoms with van der Waals surface area (Å²) in [5, 5.41) is 9.49. The zero-order chi connectivity index (χ0) is 20.9. The van der Waals surface area contributed by atoms with Gasteiger partial charge < -0.3 is 14.4 Å². The molecule has 2 heterocycles.